The van der Waals surface area contributed by atoms with Crippen LogP contribution in [-0.4, -0.2) is 41.7 Å². The lowest BCUT2D eigenvalue weighted by Gasteiger charge is -2.28. The van der Waals surface area contributed by atoms with Crippen molar-refractivity contribution in [2.24, 2.45) is 0 Å². The van der Waals surface area contributed by atoms with Crippen LogP contribution in [0.25, 0.3) is 0 Å². The van der Waals surface area contributed by atoms with Crippen LogP contribution in [0.15, 0.2) is 0 Å². The standard InChI is InChI=1S/C11H24O5Si/c1-5-14-17(15-6-2,16-7-3)10-8-9-11(12)13-4/h5-10H2,1-4H3. The summed E-state index contributed by atoms with van der Waals surface area (Å²) < 4.78 is 21.6. The highest BCUT2D eigenvalue weighted by Gasteiger charge is 2.39. The van der Waals surface area contributed by atoms with Crippen LogP contribution in [0.3, 0.4) is 0 Å². The maximum absolute atomic E-state index is 11.0. The molecule has 0 fully saturated rings. The third-order valence-corrected chi connectivity index (χ3v) is 5.34. The number of carbonyl (C=O) groups is 1. The van der Waals surface area contributed by atoms with E-state index in [9.17, 15) is 4.79 Å². The SMILES string of the molecule is CCO[Si](CCCC(=O)OC)(OCC)OCC. The molecule has 0 amide bonds. The molecule has 0 aromatic rings. The van der Waals surface area contributed by atoms with Gasteiger partial charge < -0.3 is 18.0 Å². The smallest absolute Gasteiger partial charge is 0.469 e. The van der Waals surface area contributed by atoms with E-state index in [1.807, 2.05) is 20.8 Å². The molecule has 0 saturated carbocycles. The largest absolute Gasteiger partial charge is 0.500 e. The Labute approximate surface area is 105 Å². The van der Waals surface area contributed by atoms with Gasteiger partial charge in [0.15, 0.2) is 0 Å². The molecule has 0 N–H and O–H groups in total. The number of methoxy groups -OCH3 is 1. The van der Waals surface area contributed by atoms with Crippen LogP contribution in [0.5, 0.6) is 0 Å². The number of hydrogen-bond acceptors (Lipinski definition) is 5. The van der Waals surface area contributed by atoms with Gasteiger partial charge in [0.05, 0.1) is 7.11 Å². The van der Waals surface area contributed by atoms with E-state index in [2.05, 4.69) is 4.74 Å². The van der Waals surface area contributed by atoms with E-state index in [-0.39, 0.29) is 5.97 Å². The van der Waals surface area contributed by atoms with Crippen LogP contribution in [-0.2, 0) is 22.8 Å². The number of carbonyl (C=O) groups excluding carboxylic acids is 1. The van der Waals surface area contributed by atoms with Crippen molar-refractivity contribution in [1.29, 1.82) is 0 Å². The van der Waals surface area contributed by atoms with Crippen molar-refractivity contribution in [1.82, 2.24) is 0 Å². The van der Waals surface area contributed by atoms with E-state index in [0.29, 0.717) is 38.7 Å². The first-order chi connectivity index (χ1) is 8.14. The van der Waals surface area contributed by atoms with Crippen LogP contribution >= 0.6 is 0 Å². The predicted molar refractivity (Wildman–Crippen MR) is 66.7 cm³/mol. The van der Waals surface area contributed by atoms with E-state index in [1.165, 1.54) is 7.11 Å². The first kappa shape index (κ1) is 16.6. The Bertz CT molecular complexity index is 193. The van der Waals surface area contributed by atoms with Crippen molar-refractivity contribution in [2.75, 3.05) is 26.9 Å². The van der Waals surface area contributed by atoms with E-state index in [0.717, 1.165) is 0 Å². The molecule has 0 bridgehead atoms. The molecule has 17 heavy (non-hydrogen) atoms. The fraction of sp³-hybridized carbons (Fsp3) is 0.909. The second-order valence-corrected chi connectivity index (χ2v) is 6.14. The fourth-order valence-corrected chi connectivity index (χ4v) is 4.16. The Morgan fingerprint density at radius 2 is 1.47 bits per heavy atom. The van der Waals surface area contributed by atoms with Gasteiger partial charge >= 0.3 is 14.8 Å². The Kier molecular flexibility index (Phi) is 9.34. The Hall–Kier alpha value is -0.433. The van der Waals surface area contributed by atoms with Crippen LogP contribution in [0.1, 0.15) is 33.6 Å². The van der Waals surface area contributed by atoms with Gasteiger partial charge in [-0.15, -0.1) is 0 Å². The first-order valence-corrected chi connectivity index (χ1v) is 8.06. The molecule has 0 aliphatic heterocycles. The molecular formula is C11H24O5Si. The summed E-state index contributed by atoms with van der Waals surface area (Å²) in [6.45, 7) is 7.43. The van der Waals surface area contributed by atoms with E-state index >= 15 is 0 Å². The summed E-state index contributed by atoms with van der Waals surface area (Å²) in [6.07, 6.45) is 1.04. The summed E-state index contributed by atoms with van der Waals surface area (Å²) in [5.74, 6) is -0.211. The molecule has 5 nitrogen and oxygen atoms in total. The van der Waals surface area contributed by atoms with Crippen molar-refractivity contribution in [3.63, 3.8) is 0 Å². The lowest BCUT2D eigenvalue weighted by atomic mass is 10.3. The molecule has 0 spiro atoms. The van der Waals surface area contributed by atoms with E-state index in [1.54, 1.807) is 0 Å². The van der Waals surface area contributed by atoms with Crippen molar-refractivity contribution in [3.8, 4) is 0 Å². The summed E-state index contributed by atoms with van der Waals surface area (Å²) in [6, 6.07) is 0.650. The monoisotopic (exact) mass is 264 g/mol. The summed E-state index contributed by atoms with van der Waals surface area (Å²) in [5, 5.41) is 0. The van der Waals surface area contributed by atoms with Gasteiger partial charge in [-0.3, -0.25) is 4.79 Å². The molecule has 0 saturated heterocycles. The van der Waals surface area contributed by atoms with Crippen molar-refractivity contribution in [2.45, 2.75) is 39.7 Å². The lowest BCUT2D eigenvalue weighted by molar-refractivity contribution is -0.140. The number of esters is 1. The third-order valence-electron chi connectivity index (χ3n) is 2.18. The van der Waals surface area contributed by atoms with E-state index < -0.39 is 8.80 Å². The van der Waals surface area contributed by atoms with Crippen LogP contribution in [0, 0.1) is 0 Å². The molecule has 0 heterocycles. The van der Waals surface area contributed by atoms with Gasteiger partial charge in [-0.25, -0.2) is 0 Å². The van der Waals surface area contributed by atoms with Crippen molar-refractivity contribution >= 4 is 14.8 Å². The molecule has 6 heteroatoms. The molecule has 0 aliphatic rings. The summed E-state index contributed by atoms with van der Waals surface area (Å²) >= 11 is 0. The second-order valence-electron chi connectivity index (χ2n) is 3.41. The van der Waals surface area contributed by atoms with Crippen LogP contribution in [0.4, 0.5) is 0 Å². The predicted octanol–water partition coefficient (Wildman–Crippen LogP) is 1.99. The zero-order chi connectivity index (χ0) is 13.1. The van der Waals surface area contributed by atoms with E-state index in [4.69, 9.17) is 13.3 Å². The van der Waals surface area contributed by atoms with Gasteiger partial charge in [-0.2, -0.15) is 0 Å². The van der Waals surface area contributed by atoms with Gasteiger partial charge in [-0.05, 0) is 27.2 Å². The highest BCUT2D eigenvalue weighted by molar-refractivity contribution is 6.60. The zero-order valence-electron chi connectivity index (χ0n) is 11.3. The summed E-state index contributed by atoms with van der Waals surface area (Å²) in [4.78, 5) is 11.0. The van der Waals surface area contributed by atoms with Gasteiger partial charge in [0, 0.05) is 32.3 Å². The molecule has 0 unspecified atom stereocenters. The third kappa shape index (κ3) is 6.77. The van der Waals surface area contributed by atoms with Gasteiger partial charge in [0.1, 0.15) is 0 Å². The zero-order valence-corrected chi connectivity index (χ0v) is 12.3. The second kappa shape index (κ2) is 9.58. The maximum atomic E-state index is 11.0. The summed E-state index contributed by atoms with van der Waals surface area (Å²) in [7, 11) is -1.19. The van der Waals surface area contributed by atoms with Gasteiger partial charge in [-0.1, -0.05) is 0 Å². The molecule has 0 aromatic carbocycles. The maximum Gasteiger partial charge on any atom is 0.500 e. The molecule has 102 valence electrons. The van der Waals surface area contributed by atoms with Gasteiger partial charge in [0.25, 0.3) is 0 Å². The Morgan fingerprint density at radius 3 is 1.82 bits per heavy atom. The van der Waals surface area contributed by atoms with Crippen LogP contribution in [0.2, 0.25) is 6.04 Å². The van der Waals surface area contributed by atoms with Gasteiger partial charge in [0.2, 0.25) is 0 Å². The quantitative estimate of drug-likeness (QED) is 0.446. The molecule has 0 atom stereocenters. The summed E-state index contributed by atoms with van der Waals surface area (Å²) in [5.41, 5.74) is 0. The highest BCUT2D eigenvalue weighted by Crippen LogP contribution is 2.19. The lowest BCUT2D eigenvalue weighted by Crippen LogP contribution is -2.46. The normalized spacial score (nSPS) is 11.5. The first-order valence-electron chi connectivity index (χ1n) is 6.12. The number of hydrogen-bond donors (Lipinski definition) is 0. The van der Waals surface area contributed by atoms with Crippen LogP contribution < -0.4 is 0 Å². The average molecular weight is 264 g/mol. The Balaban J connectivity index is 4.27. The minimum atomic E-state index is -2.58. The molecule has 0 rings (SSSR count). The molecule has 0 radical (unpaired) electrons. The molecule has 0 aliphatic carbocycles. The highest BCUT2D eigenvalue weighted by atomic mass is 28.4. The Morgan fingerprint density at radius 1 is 1.00 bits per heavy atom. The fourth-order valence-electron chi connectivity index (χ4n) is 1.55. The molecule has 0 aromatic heterocycles. The van der Waals surface area contributed by atoms with Crippen molar-refractivity contribution in [3.05, 3.63) is 0 Å². The number of rotatable bonds is 10. The topological polar surface area (TPSA) is 54.0 Å². The minimum absolute atomic E-state index is 0.211. The minimum Gasteiger partial charge on any atom is -0.469 e. The number of ether oxygens (including phenoxy) is 1. The molecular weight excluding hydrogens is 240 g/mol. The van der Waals surface area contributed by atoms with Crippen molar-refractivity contribution < 1.29 is 22.8 Å². The average Bonchev–Trinajstić information content (AvgIpc) is 2.30.